The monoisotopic (exact) mass is 295 g/mol. The molecule has 0 aliphatic rings. The average Bonchev–Trinajstić information content (AvgIpc) is 2.94. The summed E-state index contributed by atoms with van der Waals surface area (Å²) in [5, 5.41) is 2.28. The minimum absolute atomic E-state index is 0.204. The van der Waals surface area contributed by atoms with Gasteiger partial charge in [-0.15, -0.1) is 11.3 Å². The number of esters is 1. The molecule has 106 valence electrons. The fourth-order valence-corrected chi connectivity index (χ4v) is 2.30. The van der Waals surface area contributed by atoms with Gasteiger partial charge >= 0.3 is 5.97 Å². The SMILES string of the molecule is CCOCCOC(=O)c1csc(-c2ccc(F)cc2)n1. The van der Waals surface area contributed by atoms with Crippen molar-refractivity contribution in [1.29, 1.82) is 0 Å². The number of ether oxygens (including phenoxy) is 2. The predicted octanol–water partition coefficient (Wildman–Crippen LogP) is 3.14. The molecule has 0 radical (unpaired) electrons. The van der Waals surface area contributed by atoms with Crippen LogP contribution in [-0.2, 0) is 9.47 Å². The molecule has 1 aromatic heterocycles. The summed E-state index contributed by atoms with van der Waals surface area (Å²) in [5.74, 6) is -0.782. The van der Waals surface area contributed by atoms with Crippen molar-refractivity contribution in [3.8, 4) is 10.6 Å². The molecule has 1 aromatic carbocycles. The molecule has 0 amide bonds. The fourth-order valence-electron chi connectivity index (χ4n) is 1.50. The zero-order valence-corrected chi connectivity index (χ0v) is 11.8. The van der Waals surface area contributed by atoms with Gasteiger partial charge in [-0.05, 0) is 31.2 Å². The normalized spacial score (nSPS) is 10.5. The molecule has 4 nitrogen and oxygen atoms in total. The molecule has 0 spiro atoms. The first kappa shape index (κ1) is 14.6. The number of aromatic nitrogens is 1. The Morgan fingerprint density at radius 2 is 2.05 bits per heavy atom. The highest BCUT2D eigenvalue weighted by molar-refractivity contribution is 7.13. The second-order valence-electron chi connectivity index (χ2n) is 3.88. The van der Waals surface area contributed by atoms with Gasteiger partial charge in [0.05, 0.1) is 6.61 Å². The van der Waals surface area contributed by atoms with E-state index < -0.39 is 5.97 Å². The van der Waals surface area contributed by atoms with Gasteiger partial charge in [0.15, 0.2) is 5.69 Å². The molecular formula is C14H14FNO3S. The molecule has 2 rings (SSSR count). The Hall–Kier alpha value is -1.79. The molecule has 6 heteroatoms. The number of hydrogen-bond acceptors (Lipinski definition) is 5. The maximum absolute atomic E-state index is 12.8. The molecule has 2 aromatic rings. The smallest absolute Gasteiger partial charge is 0.357 e. The van der Waals surface area contributed by atoms with E-state index in [2.05, 4.69) is 4.98 Å². The number of benzene rings is 1. The van der Waals surface area contributed by atoms with Crippen LogP contribution in [-0.4, -0.2) is 30.8 Å². The average molecular weight is 295 g/mol. The molecule has 20 heavy (non-hydrogen) atoms. The van der Waals surface area contributed by atoms with E-state index in [1.165, 1.54) is 23.5 Å². The summed E-state index contributed by atoms with van der Waals surface area (Å²) in [6, 6.07) is 5.96. The van der Waals surface area contributed by atoms with Crippen LogP contribution in [0.3, 0.4) is 0 Å². The van der Waals surface area contributed by atoms with E-state index in [4.69, 9.17) is 9.47 Å². The number of nitrogens with zero attached hydrogens (tertiary/aromatic N) is 1. The van der Waals surface area contributed by atoms with Gasteiger partial charge in [0, 0.05) is 17.6 Å². The van der Waals surface area contributed by atoms with Crippen LogP contribution in [0.15, 0.2) is 29.6 Å². The van der Waals surface area contributed by atoms with Crippen molar-refractivity contribution >= 4 is 17.3 Å². The van der Waals surface area contributed by atoms with Crippen LogP contribution in [0.25, 0.3) is 10.6 Å². The van der Waals surface area contributed by atoms with Crippen LogP contribution >= 0.6 is 11.3 Å². The lowest BCUT2D eigenvalue weighted by atomic mass is 10.2. The number of hydrogen-bond donors (Lipinski definition) is 0. The molecule has 0 aliphatic carbocycles. The predicted molar refractivity (Wildman–Crippen MR) is 74.3 cm³/mol. The molecule has 0 N–H and O–H groups in total. The Kier molecular flexibility index (Phi) is 5.20. The highest BCUT2D eigenvalue weighted by Crippen LogP contribution is 2.24. The van der Waals surface area contributed by atoms with E-state index in [-0.39, 0.29) is 18.1 Å². The molecule has 0 bridgehead atoms. The molecule has 0 unspecified atom stereocenters. The summed E-state index contributed by atoms with van der Waals surface area (Å²) in [7, 11) is 0. The second-order valence-corrected chi connectivity index (χ2v) is 4.74. The largest absolute Gasteiger partial charge is 0.458 e. The Morgan fingerprint density at radius 1 is 1.30 bits per heavy atom. The summed E-state index contributed by atoms with van der Waals surface area (Å²) in [4.78, 5) is 15.9. The number of carbonyl (C=O) groups excluding carboxylic acids is 1. The summed E-state index contributed by atoms with van der Waals surface area (Å²) in [6.07, 6.45) is 0. The quantitative estimate of drug-likeness (QED) is 0.607. The first-order valence-electron chi connectivity index (χ1n) is 6.17. The van der Waals surface area contributed by atoms with E-state index in [9.17, 15) is 9.18 Å². The van der Waals surface area contributed by atoms with Crippen molar-refractivity contribution in [2.24, 2.45) is 0 Å². The number of halogens is 1. The topological polar surface area (TPSA) is 48.4 Å². The van der Waals surface area contributed by atoms with Crippen molar-refractivity contribution in [1.82, 2.24) is 4.98 Å². The molecule has 0 aliphatic heterocycles. The first-order chi connectivity index (χ1) is 9.70. The molecular weight excluding hydrogens is 281 g/mol. The zero-order valence-electron chi connectivity index (χ0n) is 11.0. The third-order valence-corrected chi connectivity index (χ3v) is 3.36. The van der Waals surface area contributed by atoms with E-state index in [1.807, 2.05) is 6.92 Å². The van der Waals surface area contributed by atoms with Crippen molar-refractivity contribution in [2.45, 2.75) is 6.92 Å². The summed E-state index contributed by atoms with van der Waals surface area (Å²) in [5.41, 5.74) is 1.02. The Balaban J connectivity index is 1.98. The van der Waals surface area contributed by atoms with E-state index in [0.717, 1.165) is 5.56 Å². The lowest BCUT2D eigenvalue weighted by molar-refractivity contribution is 0.0330. The second kappa shape index (κ2) is 7.12. The molecule has 0 saturated heterocycles. The van der Waals surface area contributed by atoms with E-state index >= 15 is 0 Å². The number of carbonyl (C=O) groups is 1. The molecule has 1 heterocycles. The Bertz CT molecular complexity index is 568. The molecule has 0 atom stereocenters. The lowest BCUT2D eigenvalue weighted by Crippen LogP contribution is -2.11. The van der Waals surface area contributed by atoms with Crippen molar-refractivity contribution in [3.05, 3.63) is 41.2 Å². The lowest BCUT2D eigenvalue weighted by Gasteiger charge is -2.02. The van der Waals surface area contributed by atoms with Gasteiger partial charge in [-0.3, -0.25) is 0 Å². The Labute approximate surface area is 120 Å². The van der Waals surface area contributed by atoms with Gasteiger partial charge in [-0.25, -0.2) is 14.2 Å². The maximum Gasteiger partial charge on any atom is 0.357 e. The number of thiazole rings is 1. The minimum atomic E-state index is -0.477. The van der Waals surface area contributed by atoms with Gasteiger partial charge in [0.25, 0.3) is 0 Å². The first-order valence-corrected chi connectivity index (χ1v) is 7.05. The van der Waals surface area contributed by atoms with Crippen LogP contribution in [0.5, 0.6) is 0 Å². The van der Waals surface area contributed by atoms with Gasteiger partial charge in [-0.2, -0.15) is 0 Å². The van der Waals surface area contributed by atoms with Crippen LogP contribution in [0.1, 0.15) is 17.4 Å². The highest BCUT2D eigenvalue weighted by atomic mass is 32.1. The van der Waals surface area contributed by atoms with E-state index in [1.54, 1.807) is 17.5 Å². The summed E-state index contributed by atoms with van der Waals surface area (Å²) < 4.78 is 22.9. The van der Waals surface area contributed by atoms with Crippen LogP contribution in [0.4, 0.5) is 4.39 Å². The standard InChI is InChI=1S/C14H14FNO3S/c1-2-18-7-8-19-14(17)12-9-20-13(16-12)10-3-5-11(15)6-4-10/h3-6,9H,2,7-8H2,1H3. The summed E-state index contributed by atoms with van der Waals surface area (Å²) >= 11 is 1.31. The van der Waals surface area contributed by atoms with Crippen molar-refractivity contribution < 1.29 is 18.7 Å². The summed E-state index contributed by atoms with van der Waals surface area (Å²) in [6.45, 7) is 3.04. The zero-order chi connectivity index (χ0) is 14.4. The highest BCUT2D eigenvalue weighted by Gasteiger charge is 2.13. The van der Waals surface area contributed by atoms with Crippen LogP contribution < -0.4 is 0 Å². The van der Waals surface area contributed by atoms with Gasteiger partial charge in [-0.1, -0.05) is 0 Å². The third kappa shape index (κ3) is 3.85. The van der Waals surface area contributed by atoms with Gasteiger partial charge < -0.3 is 9.47 Å². The number of rotatable bonds is 6. The third-order valence-electron chi connectivity index (χ3n) is 2.47. The maximum atomic E-state index is 12.8. The Morgan fingerprint density at radius 3 is 2.75 bits per heavy atom. The fraction of sp³-hybridized carbons (Fsp3) is 0.286. The van der Waals surface area contributed by atoms with Crippen LogP contribution in [0, 0.1) is 5.82 Å². The van der Waals surface area contributed by atoms with Crippen molar-refractivity contribution in [2.75, 3.05) is 19.8 Å². The molecule has 0 saturated carbocycles. The van der Waals surface area contributed by atoms with Gasteiger partial charge in [0.1, 0.15) is 17.4 Å². The molecule has 0 fully saturated rings. The van der Waals surface area contributed by atoms with Crippen LogP contribution in [0.2, 0.25) is 0 Å². The van der Waals surface area contributed by atoms with Gasteiger partial charge in [0.2, 0.25) is 0 Å². The minimum Gasteiger partial charge on any atom is -0.458 e. The van der Waals surface area contributed by atoms with E-state index in [0.29, 0.717) is 18.2 Å². The van der Waals surface area contributed by atoms with Crippen molar-refractivity contribution in [3.63, 3.8) is 0 Å².